The summed E-state index contributed by atoms with van der Waals surface area (Å²) in [5.74, 6) is -0.122. The fraction of sp³-hybridized carbons (Fsp3) is 0.930. The zero-order chi connectivity index (χ0) is 45.8. The maximum Gasteiger partial charge on any atom is 0.305 e. The van der Waals surface area contributed by atoms with E-state index in [1.807, 2.05) is 0 Å². The summed E-state index contributed by atoms with van der Waals surface area (Å²) in [6.07, 6.45) is 62.1. The first-order valence-electron chi connectivity index (χ1n) is 28.4. The zero-order valence-corrected chi connectivity index (χ0v) is 42.6. The summed E-state index contributed by atoms with van der Waals surface area (Å²) in [4.78, 5) is 24.5. The van der Waals surface area contributed by atoms with Crippen LogP contribution in [0.15, 0.2) is 12.2 Å². The summed E-state index contributed by atoms with van der Waals surface area (Å²) >= 11 is 0. The number of aliphatic hydroxyl groups excluding tert-OH is 2. The van der Waals surface area contributed by atoms with Gasteiger partial charge in [-0.2, -0.15) is 0 Å². The standard InChI is InChI=1S/C57H111NO5/c1-3-5-7-9-11-13-15-17-19-21-23-25-27-29-31-35-39-43-47-51-57(62)63-52-48-44-40-36-32-34-38-42-46-50-56(61)58-54(53-59)55(60)49-45-41-37-33-30-28-26-24-22-20-18-16-14-12-10-8-6-4-2/h34,38,54-55,59-60H,3-33,35-37,39-53H2,1-2H3,(H,58,61)/b38-34-. The molecule has 1 amide bonds. The summed E-state index contributed by atoms with van der Waals surface area (Å²) in [6.45, 7) is 4.89. The first-order chi connectivity index (χ1) is 31.0. The maximum atomic E-state index is 12.5. The third kappa shape index (κ3) is 49.9. The molecule has 3 N–H and O–H groups in total. The molecule has 0 aromatic carbocycles. The van der Waals surface area contributed by atoms with Gasteiger partial charge in [-0.1, -0.05) is 270 Å². The van der Waals surface area contributed by atoms with Gasteiger partial charge in [0.05, 0.1) is 25.4 Å². The van der Waals surface area contributed by atoms with E-state index in [0.29, 0.717) is 25.9 Å². The number of nitrogens with one attached hydrogen (secondary N) is 1. The molecule has 0 saturated heterocycles. The fourth-order valence-electron chi connectivity index (χ4n) is 8.94. The predicted octanol–water partition coefficient (Wildman–Crippen LogP) is 17.3. The van der Waals surface area contributed by atoms with Crippen molar-refractivity contribution in [1.82, 2.24) is 5.32 Å². The molecule has 0 aliphatic rings. The highest BCUT2D eigenvalue weighted by atomic mass is 16.5. The number of hydrogen-bond acceptors (Lipinski definition) is 5. The smallest absolute Gasteiger partial charge is 0.305 e. The number of aliphatic hydroxyl groups is 2. The van der Waals surface area contributed by atoms with Gasteiger partial charge < -0.3 is 20.3 Å². The average Bonchev–Trinajstić information content (AvgIpc) is 3.28. The Hall–Kier alpha value is -1.40. The molecule has 6 heteroatoms. The average molecular weight is 891 g/mol. The summed E-state index contributed by atoms with van der Waals surface area (Å²) in [7, 11) is 0. The summed E-state index contributed by atoms with van der Waals surface area (Å²) < 4.78 is 5.46. The third-order valence-corrected chi connectivity index (χ3v) is 13.3. The van der Waals surface area contributed by atoms with Crippen LogP contribution in [-0.4, -0.2) is 47.4 Å². The predicted molar refractivity (Wildman–Crippen MR) is 273 cm³/mol. The monoisotopic (exact) mass is 890 g/mol. The molecule has 0 aliphatic carbocycles. The molecule has 63 heavy (non-hydrogen) atoms. The Morgan fingerprint density at radius 3 is 1.16 bits per heavy atom. The molecule has 0 bridgehead atoms. The minimum Gasteiger partial charge on any atom is -0.466 e. The normalized spacial score (nSPS) is 12.6. The van der Waals surface area contributed by atoms with Crippen LogP contribution in [0.1, 0.15) is 316 Å². The second-order valence-corrected chi connectivity index (χ2v) is 19.6. The lowest BCUT2D eigenvalue weighted by Gasteiger charge is -2.22. The van der Waals surface area contributed by atoms with Crippen LogP contribution >= 0.6 is 0 Å². The minimum absolute atomic E-state index is 0.0301. The number of allylic oxidation sites excluding steroid dienone is 2. The Kier molecular flexibility index (Phi) is 52.0. The summed E-state index contributed by atoms with van der Waals surface area (Å²) in [5, 5.41) is 23.2. The van der Waals surface area contributed by atoms with E-state index in [1.165, 1.54) is 212 Å². The lowest BCUT2D eigenvalue weighted by molar-refractivity contribution is -0.143. The van der Waals surface area contributed by atoms with Gasteiger partial charge in [0.25, 0.3) is 0 Å². The second kappa shape index (κ2) is 53.2. The maximum absolute atomic E-state index is 12.5. The number of rotatable bonds is 53. The van der Waals surface area contributed by atoms with Crippen LogP contribution in [-0.2, 0) is 14.3 Å². The Morgan fingerprint density at radius 1 is 0.429 bits per heavy atom. The Morgan fingerprint density at radius 2 is 0.762 bits per heavy atom. The van der Waals surface area contributed by atoms with Crippen molar-refractivity contribution < 1.29 is 24.5 Å². The van der Waals surface area contributed by atoms with Crippen LogP contribution in [0.4, 0.5) is 0 Å². The van der Waals surface area contributed by atoms with E-state index >= 15 is 0 Å². The number of carbonyl (C=O) groups excluding carboxylic acids is 2. The molecule has 2 unspecified atom stereocenters. The summed E-state index contributed by atoms with van der Waals surface area (Å²) in [5.41, 5.74) is 0. The van der Waals surface area contributed by atoms with Gasteiger partial charge in [-0.05, 0) is 44.9 Å². The van der Waals surface area contributed by atoms with Crippen molar-refractivity contribution in [3.63, 3.8) is 0 Å². The van der Waals surface area contributed by atoms with E-state index in [4.69, 9.17) is 4.74 Å². The first kappa shape index (κ1) is 61.6. The number of amides is 1. The van der Waals surface area contributed by atoms with E-state index in [1.54, 1.807) is 0 Å². The SMILES string of the molecule is CCCCCCCCCCCCCCCCCCCCCC(=O)OCCCCCC/C=C\CCCC(=O)NC(CO)C(O)CCCCCCCCCCCCCCCCCCCC. The van der Waals surface area contributed by atoms with Gasteiger partial charge in [0.1, 0.15) is 0 Å². The van der Waals surface area contributed by atoms with Crippen LogP contribution in [0.5, 0.6) is 0 Å². The van der Waals surface area contributed by atoms with E-state index in [0.717, 1.165) is 70.6 Å². The molecule has 0 aromatic heterocycles. The molecule has 0 radical (unpaired) electrons. The van der Waals surface area contributed by atoms with Crippen LogP contribution in [0.2, 0.25) is 0 Å². The van der Waals surface area contributed by atoms with Gasteiger partial charge in [-0.3, -0.25) is 9.59 Å². The Labute approximate surface area is 393 Å². The van der Waals surface area contributed by atoms with Crippen molar-refractivity contribution in [3.8, 4) is 0 Å². The number of carbonyl (C=O) groups is 2. The van der Waals surface area contributed by atoms with Crippen molar-refractivity contribution in [3.05, 3.63) is 12.2 Å². The van der Waals surface area contributed by atoms with Crippen LogP contribution in [0, 0.1) is 0 Å². The van der Waals surface area contributed by atoms with Gasteiger partial charge in [0.15, 0.2) is 0 Å². The first-order valence-corrected chi connectivity index (χ1v) is 28.4. The fourth-order valence-corrected chi connectivity index (χ4v) is 8.94. The Balaban J connectivity index is 3.49. The molecule has 0 saturated carbocycles. The number of hydrogen-bond donors (Lipinski definition) is 3. The molecular formula is C57H111NO5. The quantitative estimate of drug-likeness (QED) is 0.0321. The van der Waals surface area contributed by atoms with Gasteiger partial charge >= 0.3 is 5.97 Å². The Bertz CT molecular complexity index is 939. The highest BCUT2D eigenvalue weighted by Gasteiger charge is 2.20. The molecule has 0 rings (SSSR count). The number of esters is 1. The molecule has 0 spiro atoms. The van der Waals surface area contributed by atoms with Crippen molar-refractivity contribution >= 4 is 11.9 Å². The van der Waals surface area contributed by atoms with Gasteiger partial charge in [-0.25, -0.2) is 0 Å². The minimum atomic E-state index is -0.694. The van der Waals surface area contributed by atoms with Crippen molar-refractivity contribution in [1.29, 1.82) is 0 Å². The molecule has 2 atom stereocenters. The number of ether oxygens (including phenoxy) is 1. The lowest BCUT2D eigenvalue weighted by atomic mass is 10.0. The number of unbranched alkanes of at least 4 members (excludes halogenated alkanes) is 40. The van der Waals surface area contributed by atoms with Crippen molar-refractivity contribution in [2.45, 2.75) is 328 Å². The topological polar surface area (TPSA) is 95.9 Å². The summed E-state index contributed by atoms with van der Waals surface area (Å²) in [6, 6.07) is -0.578. The van der Waals surface area contributed by atoms with Crippen molar-refractivity contribution in [2.75, 3.05) is 13.2 Å². The van der Waals surface area contributed by atoms with E-state index in [2.05, 4.69) is 31.3 Å². The lowest BCUT2D eigenvalue weighted by Crippen LogP contribution is -2.45. The molecule has 0 aliphatic heterocycles. The zero-order valence-electron chi connectivity index (χ0n) is 42.6. The van der Waals surface area contributed by atoms with Gasteiger partial charge in [-0.15, -0.1) is 0 Å². The van der Waals surface area contributed by atoms with Gasteiger partial charge in [0.2, 0.25) is 5.91 Å². The van der Waals surface area contributed by atoms with Crippen LogP contribution in [0.3, 0.4) is 0 Å². The second-order valence-electron chi connectivity index (χ2n) is 19.6. The highest BCUT2D eigenvalue weighted by molar-refractivity contribution is 5.76. The largest absolute Gasteiger partial charge is 0.466 e. The van der Waals surface area contributed by atoms with E-state index in [-0.39, 0.29) is 18.5 Å². The van der Waals surface area contributed by atoms with Crippen molar-refractivity contribution in [2.24, 2.45) is 0 Å². The third-order valence-electron chi connectivity index (χ3n) is 13.3. The molecular weight excluding hydrogens is 779 g/mol. The molecule has 0 aromatic rings. The van der Waals surface area contributed by atoms with Gasteiger partial charge in [0, 0.05) is 12.8 Å². The molecule has 6 nitrogen and oxygen atoms in total. The highest BCUT2D eigenvalue weighted by Crippen LogP contribution is 2.17. The van der Waals surface area contributed by atoms with Crippen LogP contribution in [0.25, 0.3) is 0 Å². The van der Waals surface area contributed by atoms with E-state index < -0.39 is 12.1 Å². The van der Waals surface area contributed by atoms with E-state index in [9.17, 15) is 19.8 Å². The molecule has 374 valence electrons. The molecule has 0 heterocycles. The molecule has 0 fully saturated rings. The van der Waals surface area contributed by atoms with Crippen LogP contribution < -0.4 is 5.32 Å².